The van der Waals surface area contributed by atoms with Crippen LogP contribution in [-0.4, -0.2) is 38.1 Å². The molecular formula is C14H17N3O2S. The molecule has 1 aromatic heterocycles. The zero-order valence-electron chi connectivity index (χ0n) is 11.3. The number of hydrogen-bond donors (Lipinski definition) is 1. The minimum Gasteiger partial charge on any atom is -0.346 e. The first-order chi connectivity index (χ1) is 9.49. The lowest BCUT2D eigenvalue weighted by Gasteiger charge is -2.07. The van der Waals surface area contributed by atoms with Gasteiger partial charge in [0.05, 0.1) is 17.4 Å². The van der Waals surface area contributed by atoms with Crippen LogP contribution in [0, 0.1) is 11.3 Å². The fraction of sp³-hybridized carbons (Fsp3) is 0.357. The highest BCUT2D eigenvalue weighted by Crippen LogP contribution is 2.17. The number of sulfone groups is 1. The third-order valence-electron chi connectivity index (χ3n) is 3.08. The third kappa shape index (κ3) is 3.83. The molecule has 0 saturated heterocycles. The fourth-order valence-corrected chi connectivity index (χ4v) is 2.55. The highest BCUT2D eigenvalue weighted by atomic mass is 32.2. The van der Waals surface area contributed by atoms with Crippen LogP contribution in [0.3, 0.4) is 0 Å². The Morgan fingerprint density at radius 3 is 2.80 bits per heavy atom. The Kier molecular flexibility index (Phi) is 4.42. The number of aromatic nitrogens is 1. The summed E-state index contributed by atoms with van der Waals surface area (Å²) in [5.41, 5.74) is 1.66. The first-order valence-corrected chi connectivity index (χ1v) is 8.43. The van der Waals surface area contributed by atoms with Gasteiger partial charge in [0.1, 0.15) is 9.84 Å². The molecule has 0 atom stereocenters. The summed E-state index contributed by atoms with van der Waals surface area (Å²) in [4.78, 5) is 0. The Hall–Kier alpha value is -1.84. The molecule has 1 heterocycles. The van der Waals surface area contributed by atoms with E-state index in [0.717, 1.165) is 17.4 Å². The standard InChI is InChI=1S/C14H17N3O2S/c1-20(18,19)9-6-16-5-8-17-7-4-13-3-2-12(11-15)10-14(13)17/h2-4,7,10,16H,5-6,8-9H2,1H3. The largest absolute Gasteiger partial charge is 0.346 e. The number of benzene rings is 1. The average Bonchev–Trinajstić information content (AvgIpc) is 2.79. The molecular weight excluding hydrogens is 274 g/mol. The summed E-state index contributed by atoms with van der Waals surface area (Å²) in [5, 5.41) is 13.1. The fourth-order valence-electron chi connectivity index (χ4n) is 2.03. The van der Waals surface area contributed by atoms with Crippen molar-refractivity contribution >= 4 is 20.7 Å². The van der Waals surface area contributed by atoms with Crippen molar-refractivity contribution in [2.75, 3.05) is 25.1 Å². The molecule has 6 heteroatoms. The van der Waals surface area contributed by atoms with Crippen LogP contribution in [-0.2, 0) is 16.4 Å². The molecule has 0 bridgehead atoms. The first-order valence-electron chi connectivity index (χ1n) is 6.37. The predicted molar refractivity (Wildman–Crippen MR) is 79.2 cm³/mol. The van der Waals surface area contributed by atoms with Crippen LogP contribution in [0.5, 0.6) is 0 Å². The molecule has 5 nitrogen and oxygen atoms in total. The SMILES string of the molecule is CS(=O)(=O)CCNCCn1ccc2ccc(C#N)cc21. The molecule has 1 N–H and O–H groups in total. The van der Waals surface area contributed by atoms with Gasteiger partial charge in [-0.2, -0.15) is 5.26 Å². The van der Waals surface area contributed by atoms with Crippen molar-refractivity contribution in [2.24, 2.45) is 0 Å². The van der Waals surface area contributed by atoms with E-state index in [4.69, 9.17) is 5.26 Å². The summed E-state index contributed by atoms with van der Waals surface area (Å²) in [5.74, 6) is 0.151. The van der Waals surface area contributed by atoms with Gasteiger partial charge in [0.25, 0.3) is 0 Å². The van der Waals surface area contributed by atoms with Crippen molar-refractivity contribution in [3.05, 3.63) is 36.0 Å². The highest BCUT2D eigenvalue weighted by molar-refractivity contribution is 7.90. The zero-order chi connectivity index (χ0) is 14.6. The van der Waals surface area contributed by atoms with Crippen molar-refractivity contribution in [3.8, 4) is 6.07 Å². The lowest BCUT2D eigenvalue weighted by atomic mass is 10.2. The quantitative estimate of drug-likeness (QED) is 0.810. The molecule has 0 amide bonds. The van der Waals surface area contributed by atoms with E-state index in [9.17, 15) is 8.42 Å². The van der Waals surface area contributed by atoms with E-state index < -0.39 is 9.84 Å². The maximum Gasteiger partial charge on any atom is 0.148 e. The summed E-state index contributed by atoms with van der Waals surface area (Å²) < 4.78 is 24.0. The van der Waals surface area contributed by atoms with Crippen molar-refractivity contribution in [1.29, 1.82) is 5.26 Å². The molecule has 0 aliphatic rings. The molecule has 2 rings (SSSR count). The van der Waals surface area contributed by atoms with Gasteiger partial charge >= 0.3 is 0 Å². The van der Waals surface area contributed by atoms with E-state index >= 15 is 0 Å². The van der Waals surface area contributed by atoms with Crippen LogP contribution < -0.4 is 5.32 Å². The maximum atomic E-state index is 11.0. The van der Waals surface area contributed by atoms with Gasteiger partial charge in [-0.3, -0.25) is 0 Å². The molecule has 0 radical (unpaired) electrons. The van der Waals surface area contributed by atoms with E-state index in [1.807, 2.05) is 24.4 Å². The molecule has 2 aromatic rings. The van der Waals surface area contributed by atoms with Gasteiger partial charge in [0, 0.05) is 37.6 Å². The second-order valence-corrected chi connectivity index (χ2v) is 7.03. The Morgan fingerprint density at radius 2 is 2.10 bits per heavy atom. The van der Waals surface area contributed by atoms with Gasteiger partial charge in [-0.1, -0.05) is 6.07 Å². The van der Waals surface area contributed by atoms with E-state index in [2.05, 4.69) is 16.0 Å². The predicted octanol–water partition coefficient (Wildman–Crippen LogP) is 1.15. The van der Waals surface area contributed by atoms with Gasteiger partial charge in [-0.05, 0) is 23.6 Å². The molecule has 0 saturated carbocycles. The van der Waals surface area contributed by atoms with Gasteiger partial charge in [0.2, 0.25) is 0 Å². The second kappa shape index (κ2) is 6.07. The second-order valence-electron chi connectivity index (χ2n) is 4.77. The monoisotopic (exact) mass is 291 g/mol. The van der Waals surface area contributed by atoms with Crippen molar-refractivity contribution in [1.82, 2.24) is 9.88 Å². The summed E-state index contributed by atoms with van der Waals surface area (Å²) in [6, 6.07) is 9.74. The number of nitriles is 1. The van der Waals surface area contributed by atoms with Crippen LogP contribution in [0.1, 0.15) is 5.56 Å². The van der Waals surface area contributed by atoms with Crippen LogP contribution >= 0.6 is 0 Å². The van der Waals surface area contributed by atoms with E-state index in [0.29, 0.717) is 18.7 Å². The van der Waals surface area contributed by atoms with Crippen molar-refractivity contribution in [2.45, 2.75) is 6.54 Å². The molecule has 0 spiro atoms. The molecule has 0 aliphatic heterocycles. The summed E-state index contributed by atoms with van der Waals surface area (Å²) in [6.45, 7) is 1.89. The molecule has 0 unspecified atom stereocenters. The van der Waals surface area contributed by atoms with E-state index in [-0.39, 0.29) is 5.75 Å². The van der Waals surface area contributed by atoms with Gasteiger partial charge in [-0.25, -0.2) is 8.42 Å². The molecule has 0 fully saturated rings. The number of nitrogens with zero attached hydrogens (tertiary/aromatic N) is 2. The molecule has 0 aliphatic carbocycles. The van der Waals surface area contributed by atoms with Crippen LogP contribution in [0.15, 0.2) is 30.5 Å². The Bertz CT molecular complexity index is 741. The smallest absolute Gasteiger partial charge is 0.148 e. The highest BCUT2D eigenvalue weighted by Gasteiger charge is 2.03. The normalized spacial score (nSPS) is 11.6. The van der Waals surface area contributed by atoms with Crippen molar-refractivity contribution in [3.63, 3.8) is 0 Å². The lowest BCUT2D eigenvalue weighted by Crippen LogP contribution is -2.25. The summed E-state index contributed by atoms with van der Waals surface area (Å²) in [6.07, 6.45) is 3.21. The number of hydrogen-bond acceptors (Lipinski definition) is 4. The van der Waals surface area contributed by atoms with Gasteiger partial charge in [0.15, 0.2) is 0 Å². The summed E-state index contributed by atoms with van der Waals surface area (Å²) >= 11 is 0. The zero-order valence-corrected chi connectivity index (χ0v) is 12.2. The van der Waals surface area contributed by atoms with Gasteiger partial charge < -0.3 is 9.88 Å². The maximum absolute atomic E-state index is 11.0. The van der Waals surface area contributed by atoms with Crippen molar-refractivity contribution < 1.29 is 8.42 Å². The van der Waals surface area contributed by atoms with Crippen LogP contribution in [0.25, 0.3) is 10.9 Å². The topological polar surface area (TPSA) is 74.9 Å². The first kappa shape index (κ1) is 14.6. The third-order valence-corrected chi connectivity index (χ3v) is 4.03. The Balaban J connectivity index is 1.95. The number of fused-ring (bicyclic) bond motifs is 1. The van der Waals surface area contributed by atoms with Gasteiger partial charge in [-0.15, -0.1) is 0 Å². The van der Waals surface area contributed by atoms with Crippen LogP contribution in [0.4, 0.5) is 0 Å². The average molecular weight is 291 g/mol. The van der Waals surface area contributed by atoms with Crippen LogP contribution in [0.2, 0.25) is 0 Å². The molecule has 20 heavy (non-hydrogen) atoms. The minimum atomic E-state index is -2.91. The number of nitrogens with one attached hydrogen (secondary N) is 1. The Labute approximate surface area is 118 Å². The Morgan fingerprint density at radius 1 is 1.30 bits per heavy atom. The van der Waals surface area contributed by atoms with E-state index in [1.54, 1.807) is 6.07 Å². The molecule has 106 valence electrons. The summed E-state index contributed by atoms with van der Waals surface area (Å²) in [7, 11) is -2.91. The van der Waals surface area contributed by atoms with E-state index in [1.165, 1.54) is 6.26 Å². The number of rotatable bonds is 6. The molecule has 1 aromatic carbocycles. The minimum absolute atomic E-state index is 0.151. The lowest BCUT2D eigenvalue weighted by molar-refractivity contribution is 0.589.